The van der Waals surface area contributed by atoms with E-state index in [0.29, 0.717) is 6.42 Å². The average Bonchev–Trinajstić information content (AvgIpc) is 2.97. The van der Waals surface area contributed by atoms with Gasteiger partial charge in [-0.05, 0) is 24.1 Å². The van der Waals surface area contributed by atoms with E-state index in [9.17, 15) is 9.18 Å². The van der Waals surface area contributed by atoms with Crippen molar-refractivity contribution in [3.05, 3.63) is 29.6 Å². The number of hydrogen-bond acceptors (Lipinski definition) is 2. The lowest BCUT2D eigenvalue weighted by atomic mass is 10.1. The van der Waals surface area contributed by atoms with Crippen molar-refractivity contribution < 1.29 is 14.3 Å². The Morgan fingerprint density at radius 1 is 1.50 bits per heavy atom. The van der Waals surface area contributed by atoms with Crippen molar-refractivity contribution in [2.75, 3.05) is 19.0 Å². The Labute approximate surface area is 93.5 Å². The van der Waals surface area contributed by atoms with Gasteiger partial charge in [-0.25, -0.2) is 4.39 Å². The van der Waals surface area contributed by atoms with Gasteiger partial charge in [0, 0.05) is 25.7 Å². The molecule has 1 aliphatic carbocycles. The molecule has 4 heteroatoms. The van der Waals surface area contributed by atoms with Crippen LogP contribution in [0.3, 0.4) is 0 Å². The van der Waals surface area contributed by atoms with Crippen LogP contribution in [-0.4, -0.2) is 25.2 Å². The summed E-state index contributed by atoms with van der Waals surface area (Å²) in [5.74, 6) is -1.32. The van der Waals surface area contributed by atoms with Crippen LogP contribution in [0.2, 0.25) is 0 Å². The molecular weight excluding hydrogens is 209 g/mol. The summed E-state index contributed by atoms with van der Waals surface area (Å²) in [5.41, 5.74) is 1.70. The van der Waals surface area contributed by atoms with Gasteiger partial charge in [-0.1, -0.05) is 6.07 Å². The van der Waals surface area contributed by atoms with Gasteiger partial charge in [0.25, 0.3) is 0 Å². The minimum atomic E-state index is -0.765. The molecule has 2 rings (SSSR count). The number of nitrogens with zero attached hydrogens (tertiary/aromatic N) is 1. The zero-order valence-electron chi connectivity index (χ0n) is 9.27. The number of carboxylic acid groups (broad SMARTS) is 1. The summed E-state index contributed by atoms with van der Waals surface area (Å²) in [6, 6.07) is 4.53. The van der Waals surface area contributed by atoms with E-state index in [2.05, 4.69) is 0 Å². The highest BCUT2D eigenvalue weighted by atomic mass is 19.1. The maximum absolute atomic E-state index is 13.1. The summed E-state index contributed by atoms with van der Waals surface area (Å²) in [5, 5.41) is 8.88. The van der Waals surface area contributed by atoms with Crippen molar-refractivity contribution in [3.63, 3.8) is 0 Å². The summed E-state index contributed by atoms with van der Waals surface area (Å²) in [6.45, 7) is 0. The van der Waals surface area contributed by atoms with Crippen LogP contribution in [0.1, 0.15) is 17.9 Å². The SMILES string of the molecule is CN(C)c1cc(F)ccc1C1CC1C(=O)O. The molecule has 0 spiro atoms. The highest BCUT2D eigenvalue weighted by molar-refractivity contribution is 5.76. The average molecular weight is 223 g/mol. The van der Waals surface area contributed by atoms with Crippen LogP contribution in [0, 0.1) is 11.7 Å². The third-order valence-electron chi connectivity index (χ3n) is 2.98. The first-order valence-corrected chi connectivity index (χ1v) is 5.20. The fraction of sp³-hybridized carbons (Fsp3) is 0.417. The van der Waals surface area contributed by atoms with E-state index in [0.717, 1.165) is 11.3 Å². The molecule has 0 aliphatic heterocycles. The van der Waals surface area contributed by atoms with Gasteiger partial charge in [-0.15, -0.1) is 0 Å². The predicted octanol–water partition coefficient (Wildman–Crippen LogP) is 2.08. The predicted molar refractivity (Wildman–Crippen MR) is 59.2 cm³/mol. The molecule has 86 valence electrons. The summed E-state index contributed by atoms with van der Waals surface area (Å²) >= 11 is 0. The second-order valence-electron chi connectivity index (χ2n) is 4.38. The normalized spacial score (nSPS) is 22.9. The van der Waals surface area contributed by atoms with Gasteiger partial charge in [0.05, 0.1) is 5.92 Å². The first-order valence-electron chi connectivity index (χ1n) is 5.20. The second kappa shape index (κ2) is 3.77. The number of carboxylic acids is 1. The molecule has 1 fully saturated rings. The Kier molecular flexibility index (Phi) is 2.58. The van der Waals surface area contributed by atoms with Crippen LogP contribution in [0.15, 0.2) is 18.2 Å². The highest BCUT2D eigenvalue weighted by Crippen LogP contribution is 2.50. The van der Waals surface area contributed by atoms with Crippen molar-refractivity contribution in [2.24, 2.45) is 5.92 Å². The Balaban J connectivity index is 2.31. The monoisotopic (exact) mass is 223 g/mol. The molecule has 1 N–H and O–H groups in total. The first-order chi connectivity index (χ1) is 7.50. The van der Waals surface area contributed by atoms with Crippen LogP contribution in [0.4, 0.5) is 10.1 Å². The molecule has 1 aromatic carbocycles. The van der Waals surface area contributed by atoms with E-state index in [1.165, 1.54) is 12.1 Å². The van der Waals surface area contributed by atoms with Gasteiger partial charge in [0.1, 0.15) is 5.82 Å². The third-order valence-corrected chi connectivity index (χ3v) is 2.98. The van der Waals surface area contributed by atoms with Crippen molar-refractivity contribution in [1.82, 2.24) is 0 Å². The second-order valence-corrected chi connectivity index (χ2v) is 4.38. The molecule has 0 bridgehead atoms. The number of carbonyl (C=O) groups is 1. The molecule has 1 aromatic rings. The fourth-order valence-electron chi connectivity index (χ4n) is 2.03. The van der Waals surface area contributed by atoms with E-state index >= 15 is 0 Å². The lowest BCUT2D eigenvalue weighted by Crippen LogP contribution is -2.12. The fourth-order valence-corrected chi connectivity index (χ4v) is 2.03. The zero-order chi connectivity index (χ0) is 11.9. The number of benzene rings is 1. The Morgan fingerprint density at radius 3 is 2.69 bits per heavy atom. The number of hydrogen-bond donors (Lipinski definition) is 1. The summed E-state index contributed by atoms with van der Waals surface area (Å²) in [4.78, 5) is 12.6. The maximum Gasteiger partial charge on any atom is 0.307 e. The van der Waals surface area contributed by atoms with E-state index in [-0.39, 0.29) is 17.7 Å². The number of aliphatic carboxylic acids is 1. The largest absolute Gasteiger partial charge is 0.481 e. The number of rotatable bonds is 3. The van der Waals surface area contributed by atoms with E-state index in [1.54, 1.807) is 6.07 Å². The lowest BCUT2D eigenvalue weighted by Gasteiger charge is -2.17. The number of halogens is 1. The van der Waals surface area contributed by atoms with E-state index < -0.39 is 5.97 Å². The van der Waals surface area contributed by atoms with Crippen LogP contribution < -0.4 is 4.90 Å². The van der Waals surface area contributed by atoms with Crippen molar-refractivity contribution >= 4 is 11.7 Å². The zero-order valence-corrected chi connectivity index (χ0v) is 9.27. The van der Waals surface area contributed by atoms with Gasteiger partial charge >= 0.3 is 5.97 Å². The Hall–Kier alpha value is -1.58. The Bertz CT molecular complexity index is 431. The maximum atomic E-state index is 13.1. The van der Waals surface area contributed by atoms with Gasteiger partial charge in [-0.3, -0.25) is 4.79 Å². The number of anilines is 1. The van der Waals surface area contributed by atoms with Crippen molar-refractivity contribution in [2.45, 2.75) is 12.3 Å². The molecule has 16 heavy (non-hydrogen) atoms. The lowest BCUT2D eigenvalue weighted by molar-refractivity contribution is -0.138. The molecule has 2 unspecified atom stereocenters. The van der Waals surface area contributed by atoms with Crippen LogP contribution in [0.25, 0.3) is 0 Å². The minimum absolute atomic E-state index is 0.0375. The molecule has 2 atom stereocenters. The molecule has 0 amide bonds. The van der Waals surface area contributed by atoms with Gasteiger partial charge in [0.2, 0.25) is 0 Å². The summed E-state index contributed by atoms with van der Waals surface area (Å²) in [6.07, 6.45) is 0.655. The minimum Gasteiger partial charge on any atom is -0.481 e. The van der Waals surface area contributed by atoms with Crippen molar-refractivity contribution in [1.29, 1.82) is 0 Å². The van der Waals surface area contributed by atoms with Gasteiger partial charge in [-0.2, -0.15) is 0 Å². The van der Waals surface area contributed by atoms with Gasteiger partial charge < -0.3 is 10.0 Å². The van der Waals surface area contributed by atoms with Crippen molar-refractivity contribution in [3.8, 4) is 0 Å². The van der Waals surface area contributed by atoms with E-state index in [4.69, 9.17) is 5.11 Å². The molecule has 0 saturated heterocycles. The standard InChI is InChI=1S/C12H14FNO2/c1-14(2)11-5-7(13)3-4-8(11)9-6-10(9)12(15)16/h3-5,9-10H,6H2,1-2H3,(H,15,16). The molecule has 0 radical (unpaired) electrons. The molecule has 1 aliphatic rings. The van der Waals surface area contributed by atoms with Gasteiger partial charge in [0.15, 0.2) is 0 Å². The molecule has 1 saturated carbocycles. The van der Waals surface area contributed by atoms with Crippen LogP contribution in [0.5, 0.6) is 0 Å². The van der Waals surface area contributed by atoms with Crippen LogP contribution >= 0.6 is 0 Å². The van der Waals surface area contributed by atoms with Crippen LogP contribution in [-0.2, 0) is 4.79 Å². The molecular formula is C12H14FNO2. The summed E-state index contributed by atoms with van der Waals surface area (Å²) in [7, 11) is 3.66. The molecule has 0 heterocycles. The first kappa shape index (κ1) is 10.9. The third kappa shape index (κ3) is 1.87. The molecule has 0 aromatic heterocycles. The van der Waals surface area contributed by atoms with E-state index in [1.807, 2.05) is 19.0 Å². The highest BCUT2D eigenvalue weighted by Gasteiger charge is 2.45. The topological polar surface area (TPSA) is 40.5 Å². The quantitative estimate of drug-likeness (QED) is 0.852. The molecule has 3 nitrogen and oxygen atoms in total. The Morgan fingerprint density at radius 2 is 2.19 bits per heavy atom. The summed E-state index contributed by atoms with van der Waals surface area (Å²) < 4.78 is 13.1. The smallest absolute Gasteiger partial charge is 0.307 e.